The first-order valence-electron chi connectivity index (χ1n) is 7.65. The van der Waals surface area contributed by atoms with Crippen molar-refractivity contribution < 1.29 is 23.1 Å². The minimum Gasteiger partial charge on any atom is -0.382 e. The molecule has 0 aliphatic carbocycles. The van der Waals surface area contributed by atoms with Crippen LogP contribution in [0, 0.1) is 11.6 Å². The Labute approximate surface area is 143 Å². The fourth-order valence-corrected chi connectivity index (χ4v) is 2.58. The van der Waals surface area contributed by atoms with Gasteiger partial charge in [-0.15, -0.1) is 0 Å². The molecule has 1 amide bonds. The van der Waals surface area contributed by atoms with Crippen molar-refractivity contribution in [3.8, 4) is 0 Å². The zero-order chi connectivity index (χ0) is 17.8. The maximum atomic E-state index is 13.8. The number of methoxy groups -OCH3 is 1. The molecule has 0 unspecified atom stereocenters. The second kappa shape index (κ2) is 7.40. The minimum absolute atomic E-state index is 0.0177. The molecule has 3 rings (SSSR count). The first-order valence-corrected chi connectivity index (χ1v) is 7.65. The SMILES string of the molecule is COCc1ccccc1NC(=O)[C@@H]1CC(c2c(F)cccc2F)=NO1. The highest BCUT2D eigenvalue weighted by atomic mass is 19.1. The topological polar surface area (TPSA) is 59.9 Å². The molecule has 5 nitrogen and oxygen atoms in total. The van der Waals surface area contributed by atoms with Gasteiger partial charge in [0.05, 0.1) is 17.9 Å². The molecule has 0 saturated carbocycles. The van der Waals surface area contributed by atoms with E-state index in [4.69, 9.17) is 9.57 Å². The lowest BCUT2D eigenvalue weighted by Gasteiger charge is -2.13. The van der Waals surface area contributed by atoms with E-state index in [0.29, 0.717) is 12.3 Å². The van der Waals surface area contributed by atoms with Gasteiger partial charge in [0, 0.05) is 24.8 Å². The number of rotatable bonds is 5. The van der Waals surface area contributed by atoms with Gasteiger partial charge in [0.2, 0.25) is 6.10 Å². The maximum absolute atomic E-state index is 13.8. The quantitative estimate of drug-likeness (QED) is 0.904. The highest BCUT2D eigenvalue weighted by molar-refractivity contribution is 6.06. The van der Waals surface area contributed by atoms with Crippen molar-refractivity contribution in [1.82, 2.24) is 0 Å². The molecular formula is C18H16F2N2O3. The Bertz CT molecular complexity index is 803. The number of para-hydroxylation sites is 1. The molecule has 2 aromatic rings. The number of hydrogen-bond donors (Lipinski definition) is 1. The van der Waals surface area contributed by atoms with Gasteiger partial charge in [0.1, 0.15) is 11.6 Å². The molecule has 1 aliphatic rings. The monoisotopic (exact) mass is 346 g/mol. The van der Waals surface area contributed by atoms with E-state index in [-0.39, 0.29) is 17.7 Å². The van der Waals surface area contributed by atoms with E-state index in [1.54, 1.807) is 19.2 Å². The largest absolute Gasteiger partial charge is 0.382 e. The third-order valence-corrected chi connectivity index (χ3v) is 3.79. The van der Waals surface area contributed by atoms with Crippen molar-refractivity contribution in [2.45, 2.75) is 19.1 Å². The Morgan fingerprint density at radius 1 is 1.24 bits per heavy atom. The van der Waals surface area contributed by atoms with E-state index in [1.807, 2.05) is 12.1 Å². The molecule has 0 radical (unpaired) electrons. The molecule has 1 heterocycles. The molecule has 1 aliphatic heterocycles. The number of carbonyl (C=O) groups excluding carboxylic acids is 1. The summed E-state index contributed by atoms with van der Waals surface area (Å²) in [6.07, 6.45) is -0.972. The number of halogens is 2. The number of ether oxygens (including phenoxy) is 1. The lowest BCUT2D eigenvalue weighted by atomic mass is 10.0. The number of nitrogens with one attached hydrogen (secondary N) is 1. The molecular weight excluding hydrogens is 330 g/mol. The summed E-state index contributed by atoms with van der Waals surface area (Å²) < 4.78 is 32.7. The van der Waals surface area contributed by atoms with E-state index >= 15 is 0 Å². The zero-order valence-electron chi connectivity index (χ0n) is 13.5. The number of oxime groups is 1. The summed E-state index contributed by atoms with van der Waals surface area (Å²) >= 11 is 0. The minimum atomic E-state index is -0.954. The molecule has 130 valence electrons. The van der Waals surface area contributed by atoms with Gasteiger partial charge in [0.15, 0.2) is 0 Å². The average molecular weight is 346 g/mol. The number of nitrogens with zero attached hydrogens (tertiary/aromatic N) is 1. The van der Waals surface area contributed by atoms with Crippen LogP contribution in [0.1, 0.15) is 17.5 Å². The molecule has 25 heavy (non-hydrogen) atoms. The molecule has 0 aromatic heterocycles. The van der Waals surface area contributed by atoms with Crippen LogP contribution in [0.15, 0.2) is 47.6 Å². The molecule has 0 fully saturated rings. The van der Waals surface area contributed by atoms with Crippen LogP contribution in [0.25, 0.3) is 0 Å². The first kappa shape index (κ1) is 17.0. The van der Waals surface area contributed by atoms with Gasteiger partial charge < -0.3 is 14.9 Å². The van der Waals surface area contributed by atoms with Crippen molar-refractivity contribution in [2.24, 2.45) is 5.16 Å². The summed E-state index contributed by atoms with van der Waals surface area (Å²) in [6, 6.07) is 10.7. The fourth-order valence-electron chi connectivity index (χ4n) is 2.58. The van der Waals surface area contributed by atoms with E-state index in [1.165, 1.54) is 6.07 Å². The number of anilines is 1. The summed E-state index contributed by atoms with van der Waals surface area (Å²) in [4.78, 5) is 17.5. The van der Waals surface area contributed by atoms with Crippen molar-refractivity contribution in [1.29, 1.82) is 0 Å². The molecule has 0 saturated heterocycles. The van der Waals surface area contributed by atoms with Crippen molar-refractivity contribution in [3.05, 3.63) is 65.2 Å². The van der Waals surface area contributed by atoms with E-state index in [2.05, 4.69) is 10.5 Å². The Kier molecular flexibility index (Phi) is 5.04. The summed E-state index contributed by atoms with van der Waals surface area (Å²) in [7, 11) is 1.56. The Balaban J connectivity index is 1.70. The van der Waals surface area contributed by atoms with Crippen LogP contribution in [-0.4, -0.2) is 24.8 Å². The van der Waals surface area contributed by atoms with E-state index in [0.717, 1.165) is 17.7 Å². The highest BCUT2D eigenvalue weighted by Gasteiger charge is 2.31. The smallest absolute Gasteiger partial charge is 0.268 e. The maximum Gasteiger partial charge on any atom is 0.268 e. The predicted molar refractivity (Wildman–Crippen MR) is 88.2 cm³/mol. The van der Waals surface area contributed by atoms with Gasteiger partial charge in [-0.2, -0.15) is 0 Å². The van der Waals surface area contributed by atoms with Crippen LogP contribution < -0.4 is 5.32 Å². The van der Waals surface area contributed by atoms with Crippen LogP contribution in [-0.2, 0) is 21.0 Å². The highest BCUT2D eigenvalue weighted by Crippen LogP contribution is 2.23. The lowest BCUT2D eigenvalue weighted by Crippen LogP contribution is -2.28. The molecule has 0 spiro atoms. The lowest BCUT2D eigenvalue weighted by molar-refractivity contribution is -0.125. The van der Waals surface area contributed by atoms with Crippen molar-refractivity contribution in [3.63, 3.8) is 0 Å². The Morgan fingerprint density at radius 3 is 2.68 bits per heavy atom. The Hall–Kier alpha value is -2.80. The van der Waals surface area contributed by atoms with Gasteiger partial charge in [-0.25, -0.2) is 8.78 Å². The van der Waals surface area contributed by atoms with Crippen LogP contribution in [0.2, 0.25) is 0 Å². The molecule has 0 bridgehead atoms. The second-order valence-corrected chi connectivity index (χ2v) is 5.51. The number of hydrogen-bond acceptors (Lipinski definition) is 4. The van der Waals surface area contributed by atoms with E-state index in [9.17, 15) is 13.6 Å². The third-order valence-electron chi connectivity index (χ3n) is 3.79. The molecule has 7 heteroatoms. The number of benzene rings is 2. The van der Waals surface area contributed by atoms with Gasteiger partial charge >= 0.3 is 0 Å². The summed E-state index contributed by atoms with van der Waals surface area (Å²) in [5.41, 5.74) is 1.19. The first-order chi connectivity index (χ1) is 12.1. The molecule has 1 atom stereocenters. The van der Waals surface area contributed by atoms with E-state index < -0.39 is 23.6 Å². The Morgan fingerprint density at radius 2 is 1.96 bits per heavy atom. The van der Waals surface area contributed by atoms with Crippen molar-refractivity contribution >= 4 is 17.3 Å². The predicted octanol–water partition coefficient (Wildman–Crippen LogP) is 3.24. The molecule has 2 aromatic carbocycles. The zero-order valence-corrected chi connectivity index (χ0v) is 13.5. The normalized spacial score (nSPS) is 16.3. The van der Waals surface area contributed by atoms with Gasteiger partial charge in [-0.3, -0.25) is 4.79 Å². The van der Waals surface area contributed by atoms with Gasteiger partial charge in [0.25, 0.3) is 5.91 Å². The standard InChI is InChI=1S/C18H16F2N2O3/c1-24-10-11-5-2-3-8-14(11)21-18(23)16-9-15(22-25-16)17-12(19)6-4-7-13(17)20/h2-8,16H,9-10H2,1H3,(H,21,23)/t16-/m0/s1. The summed E-state index contributed by atoms with van der Waals surface area (Å²) in [5.74, 6) is -1.93. The number of carbonyl (C=O) groups is 1. The summed E-state index contributed by atoms with van der Waals surface area (Å²) in [6.45, 7) is 0.337. The fraction of sp³-hybridized carbons (Fsp3) is 0.222. The molecule has 1 N–H and O–H groups in total. The van der Waals surface area contributed by atoms with Gasteiger partial charge in [-0.05, 0) is 18.2 Å². The third kappa shape index (κ3) is 3.66. The van der Waals surface area contributed by atoms with Crippen LogP contribution in [0.3, 0.4) is 0 Å². The average Bonchev–Trinajstić information content (AvgIpc) is 3.06. The van der Waals surface area contributed by atoms with Crippen LogP contribution in [0.4, 0.5) is 14.5 Å². The van der Waals surface area contributed by atoms with Crippen molar-refractivity contribution in [2.75, 3.05) is 12.4 Å². The summed E-state index contributed by atoms with van der Waals surface area (Å²) in [5, 5.41) is 6.42. The van der Waals surface area contributed by atoms with Crippen LogP contribution >= 0.6 is 0 Å². The number of amides is 1. The van der Waals surface area contributed by atoms with Gasteiger partial charge in [-0.1, -0.05) is 29.4 Å². The second-order valence-electron chi connectivity index (χ2n) is 5.51. The van der Waals surface area contributed by atoms with Crippen LogP contribution in [0.5, 0.6) is 0 Å².